The fourth-order valence-electron chi connectivity index (χ4n) is 2.80. The Bertz CT molecular complexity index is 1110. The zero-order chi connectivity index (χ0) is 19.0. The third-order valence-electron chi connectivity index (χ3n) is 4.22. The fourth-order valence-corrected chi connectivity index (χ4v) is 2.80. The lowest BCUT2D eigenvalue weighted by molar-refractivity contribution is 0.146. The van der Waals surface area contributed by atoms with Crippen LogP contribution in [0.2, 0.25) is 0 Å². The van der Waals surface area contributed by atoms with Crippen LogP contribution in [0.25, 0.3) is 22.2 Å². The normalized spacial score (nSPS) is 11.4. The lowest BCUT2D eigenvalue weighted by Gasteiger charge is -2.08. The maximum atomic E-state index is 13.6. The van der Waals surface area contributed by atoms with Crippen LogP contribution in [0.15, 0.2) is 48.8 Å². The number of rotatable bonds is 4. The number of hydrogen-bond donors (Lipinski definition) is 0. The molecular formula is C19H14F3N5. The van der Waals surface area contributed by atoms with Crippen molar-refractivity contribution >= 4 is 11.0 Å². The highest BCUT2D eigenvalue weighted by Gasteiger charge is 2.15. The third kappa shape index (κ3) is 3.38. The molecule has 5 nitrogen and oxygen atoms in total. The second-order valence-corrected chi connectivity index (χ2v) is 6.13. The molecule has 0 unspecified atom stereocenters. The highest BCUT2D eigenvalue weighted by atomic mass is 19.3. The molecule has 1 aromatic carbocycles. The van der Waals surface area contributed by atoms with Gasteiger partial charge in [0.15, 0.2) is 0 Å². The maximum Gasteiger partial charge on any atom is 0.266 e. The molecule has 8 heteroatoms. The average Bonchev–Trinajstić information content (AvgIpc) is 3.06. The van der Waals surface area contributed by atoms with Gasteiger partial charge in [-0.1, -0.05) is 6.07 Å². The summed E-state index contributed by atoms with van der Waals surface area (Å²) in [4.78, 5) is 4.33. The third-order valence-corrected chi connectivity index (χ3v) is 4.22. The lowest BCUT2D eigenvalue weighted by Crippen LogP contribution is -2.04. The molecule has 136 valence electrons. The zero-order valence-electron chi connectivity index (χ0n) is 14.3. The molecule has 0 saturated heterocycles. The molecule has 27 heavy (non-hydrogen) atoms. The number of aromatic nitrogens is 5. The Labute approximate surface area is 152 Å². The molecule has 3 aromatic heterocycles. The number of nitrogens with zero attached hydrogens (tertiary/aromatic N) is 5. The number of hydrogen-bond acceptors (Lipinski definition) is 4. The molecule has 0 radical (unpaired) electrons. The van der Waals surface area contributed by atoms with Crippen molar-refractivity contribution in [2.24, 2.45) is 0 Å². The van der Waals surface area contributed by atoms with Gasteiger partial charge < -0.3 is 0 Å². The van der Waals surface area contributed by atoms with E-state index < -0.39 is 17.8 Å². The van der Waals surface area contributed by atoms with Gasteiger partial charge in [0, 0.05) is 11.8 Å². The summed E-state index contributed by atoms with van der Waals surface area (Å²) in [6.45, 7) is 2.25. The highest BCUT2D eigenvalue weighted by molar-refractivity contribution is 5.80. The maximum absolute atomic E-state index is 13.6. The van der Waals surface area contributed by atoms with Crippen LogP contribution in [0.4, 0.5) is 13.2 Å². The van der Waals surface area contributed by atoms with Crippen LogP contribution in [0.5, 0.6) is 0 Å². The van der Waals surface area contributed by atoms with E-state index in [-0.39, 0.29) is 0 Å². The monoisotopic (exact) mass is 369 g/mol. The largest absolute Gasteiger partial charge is 0.266 e. The van der Waals surface area contributed by atoms with E-state index in [1.54, 1.807) is 23.1 Å². The molecule has 0 aliphatic heterocycles. The van der Waals surface area contributed by atoms with Gasteiger partial charge in [-0.15, -0.1) is 0 Å². The Balaban J connectivity index is 1.74. The molecule has 0 aliphatic carbocycles. The van der Waals surface area contributed by atoms with Gasteiger partial charge >= 0.3 is 0 Å². The predicted octanol–water partition coefficient (Wildman–Crippen LogP) is 4.32. The van der Waals surface area contributed by atoms with Gasteiger partial charge in [-0.2, -0.15) is 15.3 Å². The van der Waals surface area contributed by atoms with Crippen LogP contribution in [-0.2, 0) is 6.54 Å². The molecule has 0 atom stereocenters. The standard InChI is InChI=1S/C19H14F3N5/c1-11-2-4-14(26-25-11)10-27-18-7-13(8-23-17(18)9-24-27)12-3-5-16(20)15(6-12)19(21)22/h2-9,19H,10H2,1H3. The smallest absolute Gasteiger partial charge is 0.257 e. The molecule has 4 rings (SSSR count). The van der Waals surface area contributed by atoms with E-state index in [2.05, 4.69) is 20.3 Å². The van der Waals surface area contributed by atoms with Gasteiger partial charge in [-0.25, -0.2) is 13.2 Å². The number of aryl methyl sites for hydroxylation is 1. The molecule has 4 aromatic rings. The molecule has 0 amide bonds. The van der Waals surface area contributed by atoms with E-state index >= 15 is 0 Å². The van der Waals surface area contributed by atoms with E-state index in [9.17, 15) is 13.2 Å². The summed E-state index contributed by atoms with van der Waals surface area (Å²) in [7, 11) is 0. The van der Waals surface area contributed by atoms with Crippen molar-refractivity contribution in [1.29, 1.82) is 0 Å². The van der Waals surface area contributed by atoms with E-state index in [1.165, 1.54) is 6.07 Å². The van der Waals surface area contributed by atoms with Crippen LogP contribution < -0.4 is 0 Å². The molecule has 0 saturated carbocycles. The van der Waals surface area contributed by atoms with Crippen LogP contribution >= 0.6 is 0 Å². The molecule has 0 N–H and O–H groups in total. The summed E-state index contributed by atoms with van der Waals surface area (Å²) in [5.41, 5.74) is 3.37. The van der Waals surface area contributed by atoms with E-state index in [4.69, 9.17) is 0 Å². The second-order valence-electron chi connectivity index (χ2n) is 6.13. The van der Waals surface area contributed by atoms with Gasteiger partial charge in [0.1, 0.15) is 11.3 Å². The summed E-state index contributed by atoms with van der Waals surface area (Å²) in [6.07, 6.45) is 0.297. The number of fused-ring (bicyclic) bond motifs is 1. The first-order valence-corrected chi connectivity index (χ1v) is 8.20. The second kappa shape index (κ2) is 6.79. The lowest BCUT2D eigenvalue weighted by atomic mass is 10.0. The van der Waals surface area contributed by atoms with Crippen LogP contribution in [0.1, 0.15) is 23.4 Å². The zero-order valence-corrected chi connectivity index (χ0v) is 14.3. The van der Waals surface area contributed by atoms with Gasteiger partial charge in [0.25, 0.3) is 6.43 Å². The van der Waals surface area contributed by atoms with Crippen molar-refractivity contribution in [2.75, 3.05) is 0 Å². The van der Waals surface area contributed by atoms with Crippen molar-refractivity contribution in [3.8, 4) is 11.1 Å². The number of alkyl halides is 2. The summed E-state index contributed by atoms with van der Waals surface area (Å²) in [6, 6.07) is 9.16. The number of halogens is 3. The minimum Gasteiger partial charge on any atom is -0.257 e. The Hall–Kier alpha value is -3.29. The first-order chi connectivity index (χ1) is 13.0. The molecular weight excluding hydrogens is 355 g/mol. The Kier molecular flexibility index (Phi) is 4.31. The minimum atomic E-state index is -2.88. The van der Waals surface area contributed by atoms with Crippen LogP contribution in [-0.4, -0.2) is 25.0 Å². The topological polar surface area (TPSA) is 56.5 Å². The SMILES string of the molecule is Cc1ccc(Cn2ncc3ncc(-c4ccc(F)c(C(F)F)c4)cc32)nn1. The molecule has 3 heterocycles. The van der Waals surface area contributed by atoms with Gasteiger partial charge in [0.05, 0.1) is 35.2 Å². The summed E-state index contributed by atoms with van der Waals surface area (Å²) >= 11 is 0. The minimum absolute atomic E-state index is 0.396. The van der Waals surface area contributed by atoms with E-state index in [0.29, 0.717) is 23.2 Å². The fraction of sp³-hybridized carbons (Fsp3) is 0.158. The first-order valence-electron chi connectivity index (χ1n) is 8.20. The van der Waals surface area contributed by atoms with Crippen molar-refractivity contribution in [2.45, 2.75) is 19.9 Å². The molecule has 0 fully saturated rings. The Morgan fingerprint density at radius 1 is 1.00 bits per heavy atom. The van der Waals surface area contributed by atoms with Crippen molar-refractivity contribution < 1.29 is 13.2 Å². The highest BCUT2D eigenvalue weighted by Crippen LogP contribution is 2.29. The van der Waals surface area contributed by atoms with Crippen molar-refractivity contribution in [3.05, 3.63) is 71.6 Å². The molecule has 0 aliphatic rings. The first kappa shape index (κ1) is 17.1. The van der Waals surface area contributed by atoms with Crippen LogP contribution in [0.3, 0.4) is 0 Å². The van der Waals surface area contributed by atoms with Crippen molar-refractivity contribution in [3.63, 3.8) is 0 Å². The number of benzene rings is 1. The summed E-state index contributed by atoms with van der Waals surface area (Å²) < 4.78 is 41.2. The van der Waals surface area contributed by atoms with Gasteiger partial charge in [-0.3, -0.25) is 9.67 Å². The van der Waals surface area contributed by atoms with Gasteiger partial charge in [-0.05, 0) is 42.8 Å². The van der Waals surface area contributed by atoms with Gasteiger partial charge in [0.2, 0.25) is 0 Å². The Morgan fingerprint density at radius 2 is 1.85 bits per heavy atom. The summed E-state index contributed by atoms with van der Waals surface area (Å²) in [5.74, 6) is -0.925. The number of pyridine rings is 1. The molecule has 0 spiro atoms. The predicted molar refractivity (Wildman–Crippen MR) is 93.8 cm³/mol. The van der Waals surface area contributed by atoms with E-state index in [1.807, 2.05) is 19.1 Å². The quantitative estimate of drug-likeness (QED) is 0.538. The van der Waals surface area contributed by atoms with Crippen molar-refractivity contribution in [1.82, 2.24) is 25.0 Å². The molecule has 0 bridgehead atoms. The van der Waals surface area contributed by atoms with E-state index in [0.717, 1.165) is 29.0 Å². The summed E-state index contributed by atoms with van der Waals surface area (Å²) in [5, 5.41) is 12.5. The average molecular weight is 369 g/mol. The Morgan fingerprint density at radius 3 is 2.59 bits per heavy atom. The van der Waals surface area contributed by atoms with Crippen LogP contribution in [0, 0.1) is 12.7 Å².